The molecule has 4 nitrogen and oxygen atoms in total. The molecule has 4 heteroatoms. The van der Waals surface area contributed by atoms with Crippen LogP contribution in [0.2, 0.25) is 0 Å². The maximum atomic E-state index is 12.3. The van der Waals surface area contributed by atoms with Crippen LogP contribution in [0.5, 0.6) is 0 Å². The first-order chi connectivity index (χ1) is 10.3. The van der Waals surface area contributed by atoms with E-state index in [9.17, 15) is 9.59 Å². The van der Waals surface area contributed by atoms with Crippen LogP contribution in [0, 0.1) is 0 Å². The maximum absolute atomic E-state index is 12.3. The number of ketones is 1. The van der Waals surface area contributed by atoms with Crippen LogP contribution in [-0.2, 0) is 16.1 Å². The van der Waals surface area contributed by atoms with Crippen molar-refractivity contribution < 1.29 is 14.3 Å². The molecule has 1 amide bonds. The summed E-state index contributed by atoms with van der Waals surface area (Å²) in [4.78, 5) is 25.7. The van der Waals surface area contributed by atoms with Crippen molar-refractivity contribution in [3.8, 4) is 0 Å². The highest BCUT2D eigenvalue weighted by atomic mass is 16.6. The molecule has 0 unspecified atom stereocenters. The summed E-state index contributed by atoms with van der Waals surface area (Å²) in [6.45, 7) is 9.45. The molecule has 0 atom stereocenters. The van der Waals surface area contributed by atoms with Crippen LogP contribution in [0.25, 0.3) is 0 Å². The van der Waals surface area contributed by atoms with E-state index in [-0.39, 0.29) is 12.3 Å². The van der Waals surface area contributed by atoms with Gasteiger partial charge in [-0.3, -0.25) is 9.69 Å². The minimum atomic E-state index is -0.587. The van der Waals surface area contributed by atoms with Gasteiger partial charge in [0.25, 0.3) is 0 Å². The standard InChI is InChI=1S/C18H25NO3/c1-5-6-12-16(20)14-19(17(21)22-18(2,3)4)13-15-10-8-7-9-11-15/h5,7-11H,1,6,12-14H2,2-4H3. The Bertz CT molecular complexity index is 503. The highest BCUT2D eigenvalue weighted by molar-refractivity contribution is 5.84. The van der Waals surface area contributed by atoms with E-state index in [2.05, 4.69) is 6.58 Å². The number of hydrogen-bond acceptors (Lipinski definition) is 3. The minimum absolute atomic E-state index is 0.00157. The molecule has 1 aromatic carbocycles. The van der Waals surface area contributed by atoms with E-state index in [4.69, 9.17) is 4.74 Å². The van der Waals surface area contributed by atoms with E-state index in [1.165, 1.54) is 4.90 Å². The molecule has 0 fully saturated rings. The first-order valence-electron chi connectivity index (χ1n) is 7.46. The lowest BCUT2D eigenvalue weighted by molar-refractivity contribution is -0.120. The third kappa shape index (κ3) is 7.07. The number of ether oxygens (including phenoxy) is 1. The summed E-state index contributed by atoms with van der Waals surface area (Å²) >= 11 is 0. The van der Waals surface area contributed by atoms with Gasteiger partial charge in [0, 0.05) is 13.0 Å². The molecular formula is C18H25NO3. The van der Waals surface area contributed by atoms with Gasteiger partial charge in [-0.05, 0) is 32.8 Å². The minimum Gasteiger partial charge on any atom is -0.444 e. The number of hydrogen-bond donors (Lipinski definition) is 0. The largest absolute Gasteiger partial charge is 0.444 e. The molecule has 1 rings (SSSR count). The molecule has 0 bridgehead atoms. The van der Waals surface area contributed by atoms with E-state index in [0.29, 0.717) is 19.4 Å². The molecule has 0 aromatic heterocycles. The fourth-order valence-corrected chi connectivity index (χ4v) is 1.87. The Hall–Kier alpha value is -2.10. The molecular weight excluding hydrogens is 278 g/mol. The number of benzene rings is 1. The van der Waals surface area contributed by atoms with Crippen LogP contribution >= 0.6 is 0 Å². The third-order valence-electron chi connectivity index (χ3n) is 2.86. The summed E-state index contributed by atoms with van der Waals surface area (Å²) in [5, 5.41) is 0. The summed E-state index contributed by atoms with van der Waals surface area (Å²) in [5.74, 6) is 0.00157. The normalized spacial score (nSPS) is 10.9. The zero-order chi connectivity index (χ0) is 16.6. The van der Waals surface area contributed by atoms with Crippen molar-refractivity contribution >= 4 is 11.9 Å². The molecule has 1 aromatic rings. The maximum Gasteiger partial charge on any atom is 0.410 e. The first kappa shape index (κ1) is 18.0. The molecule has 0 radical (unpaired) electrons. The number of nitrogens with zero attached hydrogens (tertiary/aromatic N) is 1. The molecule has 0 spiro atoms. The van der Waals surface area contributed by atoms with Crippen LogP contribution in [0.1, 0.15) is 39.2 Å². The summed E-state index contributed by atoms with van der Waals surface area (Å²) in [7, 11) is 0. The average Bonchev–Trinajstić information content (AvgIpc) is 2.43. The molecule has 0 saturated carbocycles. The van der Waals surface area contributed by atoms with Gasteiger partial charge in [0.2, 0.25) is 0 Å². The summed E-state index contributed by atoms with van der Waals surface area (Å²) < 4.78 is 5.39. The Kier molecular flexibility index (Phi) is 6.83. The van der Waals surface area contributed by atoms with Crippen molar-refractivity contribution in [1.29, 1.82) is 0 Å². The predicted octanol–water partition coefficient (Wildman–Crippen LogP) is 3.96. The lowest BCUT2D eigenvalue weighted by Gasteiger charge is -2.27. The van der Waals surface area contributed by atoms with Gasteiger partial charge in [-0.15, -0.1) is 6.58 Å². The van der Waals surface area contributed by atoms with E-state index in [1.807, 2.05) is 51.1 Å². The summed E-state index contributed by atoms with van der Waals surface area (Å²) in [6.07, 6.45) is 2.24. The topological polar surface area (TPSA) is 46.6 Å². The van der Waals surface area contributed by atoms with Gasteiger partial charge >= 0.3 is 6.09 Å². The van der Waals surface area contributed by atoms with Crippen molar-refractivity contribution in [1.82, 2.24) is 4.90 Å². The van der Waals surface area contributed by atoms with Gasteiger partial charge in [-0.2, -0.15) is 0 Å². The van der Waals surface area contributed by atoms with Gasteiger partial charge in [0.05, 0.1) is 6.54 Å². The fourth-order valence-electron chi connectivity index (χ4n) is 1.87. The van der Waals surface area contributed by atoms with Crippen LogP contribution in [0.4, 0.5) is 4.79 Å². The van der Waals surface area contributed by atoms with Crippen LogP contribution in [0.15, 0.2) is 43.0 Å². The Morgan fingerprint density at radius 2 is 1.86 bits per heavy atom. The number of carbonyl (C=O) groups excluding carboxylic acids is 2. The fraction of sp³-hybridized carbons (Fsp3) is 0.444. The van der Waals surface area contributed by atoms with Crippen molar-refractivity contribution in [2.24, 2.45) is 0 Å². The zero-order valence-electron chi connectivity index (χ0n) is 13.7. The van der Waals surface area contributed by atoms with Crippen molar-refractivity contribution in [3.63, 3.8) is 0 Å². The number of carbonyl (C=O) groups is 2. The Balaban J connectivity index is 2.77. The van der Waals surface area contributed by atoms with E-state index in [1.54, 1.807) is 6.08 Å². The van der Waals surface area contributed by atoms with E-state index >= 15 is 0 Å². The second kappa shape index (κ2) is 8.37. The van der Waals surface area contributed by atoms with Gasteiger partial charge in [-0.25, -0.2) is 4.79 Å². The van der Waals surface area contributed by atoms with Crippen LogP contribution < -0.4 is 0 Å². The molecule has 22 heavy (non-hydrogen) atoms. The Labute approximate surface area is 132 Å². The van der Waals surface area contributed by atoms with Gasteiger partial charge in [0.1, 0.15) is 5.60 Å². The second-order valence-corrected chi connectivity index (χ2v) is 6.19. The molecule has 0 N–H and O–H groups in total. The molecule has 0 aliphatic heterocycles. The summed E-state index contributed by atoms with van der Waals surface area (Å²) in [6, 6.07) is 9.57. The number of allylic oxidation sites excluding steroid dienone is 1. The lowest BCUT2D eigenvalue weighted by Crippen LogP contribution is -2.39. The average molecular weight is 303 g/mol. The number of Topliss-reactive ketones (excluding diaryl/α,β-unsaturated/α-hetero) is 1. The van der Waals surface area contributed by atoms with Gasteiger partial charge < -0.3 is 4.74 Å². The van der Waals surface area contributed by atoms with Crippen LogP contribution in [0.3, 0.4) is 0 Å². The predicted molar refractivity (Wildman–Crippen MR) is 87.5 cm³/mol. The third-order valence-corrected chi connectivity index (χ3v) is 2.86. The first-order valence-corrected chi connectivity index (χ1v) is 7.46. The molecule has 0 saturated heterocycles. The molecule has 120 valence electrons. The van der Waals surface area contributed by atoms with Crippen molar-refractivity contribution in [3.05, 3.63) is 48.6 Å². The molecule has 0 aliphatic carbocycles. The lowest BCUT2D eigenvalue weighted by atomic mass is 10.1. The number of amides is 1. The molecule has 0 aliphatic rings. The van der Waals surface area contributed by atoms with Crippen LogP contribution in [-0.4, -0.2) is 28.9 Å². The monoisotopic (exact) mass is 303 g/mol. The molecule has 0 heterocycles. The Morgan fingerprint density at radius 1 is 1.23 bits per heavy atom. The van der Waals surface area contributed by atoms with E-state index in [0.717, 1.165) is 5.56 Å². The zero-order valence-corrected chi connectivity index (χ0v) is 13.7. The van der Waals surface area contributed by atoms with E-state index < -0.39 is 11.7 Å². The second-order valence-electron chi connectivity index (χ2n) is 6.19. The highest BCUT2D eigenvalue weighted by Gasteiger charge is 2.23. The van der Waals surface area contributed by atoms with Gasteiger partial charge in [0.15, 0.2) is 5.78 Å². The number of rotatable bonds is 7. The van der Waals surface area contributed by atoms with Gasteiger partial charge in [-0.1, -0.05) is 36.4 Å². The smallest absolute Gasteiger partial charge is 0.410 e. The quantitative estimate of drug-likeness (QED) is 0.716. The van der Waals surface area contributed by atoms with Crippen molar-refractivity contribution in [2.45, 2.75) is 45.8 Å². The Morgan fingerprint density at radius 3 is 2.41 bits per heavy atom. The van der Waals surface area contributed by atoms with Crippen molar-refractivity contribution in [2.75, 3.05) is 6.54 Å². The highest BCUT2D eigenvalue weighted by Crippen LogP contribution is 2.13. The SMILES string of the molecule is C=CCCC(=O)CN(Cc1ccccc1)C(=O)OC(C)(C)C. The summed E-state index contributed by atoms with van der Waals surface area (Å²) in [5.41, 5.74) is 0.376.